The molecular formula is C3H5FO3S. The van der Waals surface area contributed by atoms with Crippen LogP contribution in [0.5, 0.6) is 0 Å². The fourth-order valence-corrected chi connectivity index (χ4v) is 0.392. The minimum atomic E-state index is -2.40. The van der Waals surface area contributed by atoms with Gasteiger partial charge in [0.05, 0.1) is 0 Å². The highest BCUT2D eigenvalue weighted by Gasteiger charge is 1.92. The van der Waals surface area contributed by atoms with Gasteiger partial charge in [-0.15, -0.1) is 0 Å². The SMILES string of the molecule is CC(=CF)OS(=O)O. The molecule has 0 heterocycles. The van der Waals surface area contributed by atoms with Crippen molar-refractivity contribution in [3.05, 3.63) is 12.1 Å². The summed E-state index contributed by atoms with van der Waals surface area (Å²) in [5, 5.41) is 0. The van der Waals surface area contributed by atoms with Crippen molar-refractivity contribution in [2.75, 3.05) is 0 Å². The second-order valence-electron chi connectivity index (χ2n) is 1.02. The van der Waals surface area contributed by atoms with E-state index in [-0.39, 0.29) is 12.1 Å². The van der Waals surface area contributed by atoms with Gasteiger partial charge >= 0.3 is 11.4 Å². The molecule has 1 atom stereocenters. The maximum Gasteiger partial charge on any atom is 0.357 e. The maximum atomic E-state index is 11.2. The van der Waals surface area contributed by atoms with E-state index in [1.165, 1.54) is 6.92 Å². The van der Waals surface area contributed by atoms with Crippen LogP contribution in [0.2, 0.25) is 0 Å². The first-order valence-corrected chi connectivity index (χ1v) is 2.76. The largest absolute Gasteiger partial charge is 0.383 e. The monoisotopic (exact) mass is 140 g/mol. The van der Waals surface area contributed by atoms with Crippen LogP contribution in [-0.2, 0) is 15.5 Å². The summed E-state index contributed by atoms with van der Waals surface area (Å²) < 4.78 is 32.7. The van der Waals surface area contributed by atoms with Crippen LogP contribution in [0.3, 0.4) is 0 Å². The highest BCUT2D eigenvalue weighted by Crippen LogP contribution is 1.95. The number of allylic oxidation sites excluding steroid dienone is 1. The van der Waals surface area contributed by atoms with E-state index in [1.54, 1.807) is 0 Å². The molecule has 8 heavy (non-hydrogen) atoms. The maximum absolute atomic E-state index is 11.2. The van der Waals surface area contributed by atoms with E-state index in [0.29, 0.717) is 0 Å². The Bertz CT molecular complexity index is 122. The molecule has 3 nitrogen and oxygen atoms in total. The Hall–Kier alpha value is -0.420. The van der Waals surface area contributed by atoms with Crippen molar-refractivity contribution < 1.29 is 17.3 Å². The van der Waals surface area contributed by atoms with Crippen LogP contribution in [0, 0.1) is 0 Å². The zero-order valence-electron chi connectivity index (χ0n) is 4.13. The van der Waals surface area contributed by atoms with Gasteiger partial charge in [0, 0.05) is 0 Å². The summed E-state index contributed by atoms with van der Waals surface area (Å²) in [6.45, 7) is 1.23. The molecule has 1 N–H and O–H groups in total. The van der Waals surface area contributed by atoms with Gasteiger partial charge in [-0.2, -0.15) is 4.21 Å². The van der Waals surface area contributed by atoms with Crippen LogP contribution < -0.4 is 0 Å². The van der Waals surface area contributed by atoms with E-state index in [4.69, 9.17) is 4.55 Å². The highest BCUT2D eigenvalue weighted by molar-refractivity contribution is 7.74. The van der Waals surface area contributed by atoms with Crippen LogP contribution >= 0.6 is 0 Å². The topological polar surface area (TPSA) is 46.5 Å². The van der Waals surface area contributed by atoms with E-state index in [9.17, 15) is 8.60 Å². The molecule has 0 aliphatic rings. The van der Waals surface area contributed by atoms with Crippen LogP contribution in [-0.4, -0.2) is 8.76 Å². The van der Waals surface area contributed by atoms with Crippen LogP contribution in [0.1, 0.15) is 6.92 Å². The smallest absolute Gasteiger partial charge is 0.357 e. The summed E-state index contributed by atoms with van der Waals surface area (Å²) in [6, 6.07) is 0. The van der Waals surface area contributed by atoms with Crippen molar-refractivity contribution >= 4 is 11.4 Å². The molecule has 0 saturated heterocycles. The van der Waals surface area contributed by atoms with Crippen LogP contribution in [0.15, 0.2) is 12.1 Å². The molecule has 48 valence electrons. The lowest BCUT2D eigenvalue weighted by Crippen LogP contribution is -1.90. The summed E-state index contributed by atoms with van der Waals surface area (Å²) >= 11 is -2.40. The Morgan fingerprint density at radius 1 is 2.00 bits per heavy atom. The lowest BCUT2D eigenvalue weighted by molar-refractivity contribution is 0.380. The van der Waals surface area contributed by atoms with E-state index < -0.39 is 11.4 Å². The van der Waals surface area contributed by atoms with Gasteiger partial charge in [-0.05, 0) is 6.92 Å². The van der Waals surface area contributed by atoms with Crippen LogP contribution in [0.25, 0.3) is 0 Å². The highest BCUT2D eigenvalue weighted by atomic mass is 32.2. The number of rotatable bonds is 2. The summed E-state index contributed by atoms with van der Waals surface area (Å²) in [4.78, 5) is 0. The van der Waals surface area contributed by atoms with Crippen molar-refractivity contribution in [3.63, 3.8) is 0 Å². The molecular weight excluding hydrogens is 135 g/mol. The average molecular weight is 140 g/mol. The zero-order valence-corrected chi connectivity index (χ0v) is 4.94. The minimum Gasteiger partial charge on any atom is -0.383 e. The average Bonchev–Trinajstić information content (AvgIpc) is 1.65. The normalized spacial score (nSPS) is 15.6. The van der Waals surface area contributed by atoms with Gasteiger partial charge in [-0.25, -0.2) is 4.39 Å². The minimum absolute atomic E-state index is 0.105. The van der Waals surface area contributed by atoms with Crippen molar-refractivity contribution in [1.82, 2.24) is 0 Å². The summed E-state index contributed by atoms with van der Waals surface area (Å²) in [5.74, 6) is -0.217. The molecule has 0 radical (unpaired) electrons. The Labute approximate surface area is 48.6 Å². The first-order valence-electron chi connectivity index (χ1n) is 1.73. The quantitative estimate of drug-likeness (QED) is 0.459. The molecule has 0 aliphatic heterocycles. The summed E-state index contributed by atoms with van der Waals surface area (Å²) in [6.07, 6.45) is 0.105. The predicted molar refractivity (Wildman–Crippen MR) is 26.7 cm³/mol. The fraction of sp³-hybridized carbons (Fsp3) is 0.333. The van der Waals surface area contributed by atoms with Gasteiger partial charge in [-0.3, -0.25) is 4.55 Å². The molecule has 0 rings (SSSR count). The molecule has 0 saturated carbocycles. The lowest BCUT2D eigenvalue weighted by atomic mass is 10.7. The Morgan fingerprint density at radius 2 is 2.50 bits per heavy atom. The summed E-state index contributed by atoms with van der Waals surface area (Å²) in [5.41, 5.74) is 0. The standard InChI is InChI=1S/C3H5FO3S/c1-3(2-4)7-8(5)6/h2H,1H3,(H,5,6). The van der Waals surface area contributed by atoms with E-state index >= 15 is 0 Å². The number of halogens is 1. The van der Waals surface area contributed by atoms with E-state index in [1.807, 2.05) is 0 Å². The van der Waals surface area contributed by atoms with Crippen molar-refractivity contribution in [2.45, 2.75) is 6.92 Å². The molecule has 0 bridgehead atoms. The van der Waals surface area contributed by atoms with Gasteiger partial charge < -0.3 is 4.18 Å². The van der Waals surface area contributed by atoms with Gasteiger partial charge in [0.2, 0.25) is 0 Å². The first-order chi connectivity index (χ1) is 3.66. The van der Waals surface area contributed by atoms with Gasteiger partial charge in [0.15, 0.2) is 0 Å². The second-order valence-corrected chi connectivity index (χ2v) is 1.62. The summed E-state index contributed by atoms with van der Waals surface area (Å²) in [7, 11) is 0. The van der Waals surface area contributed by atoms with E-state index in [2.05, 4.69) is 4.18 Å². The molecule has 0 aromatic rings. The third kappa shape index (κ3) is 3.76. The van der Waals surface area contributed by atoms with Gasteiger partial charge in [0.1, 0.15) is 12.1 Å². The molecule has 0 fully saturated rings. The molecule has 0 aliphatic carbocycles. The fourth-order valence-electron chi connectivity index (χ4n) is 0.131. The zero-order chi connectivity index (χ0) is 6.57. The van der Waals surface area contributed by atoms with E-state index in [0.717, 1.165) is 0 Å². The Kier molecular flexibility index (Phi) is 3.38. The third-order valence-electron chi connectivity index (χ3n) is 0.356. The molecule has 0 amide bonds. The lowest BCUT2D eigenvalue weighted by Gasteiger charge is -1.93. The van der Waals surface area contributed by atoms with Gasteiger partial charge in [0.25, 0.3) is 0 Å². The van der Waals surface area contributed by atoms with Crippen molar-refractivity contribution in [2.24, 2.45) is 0 Å². The predicted octanol–water partition coefficient (Wildman–Crippen LogP) is 0.971. The second kappa shape index (κ2) is 3.57. The molecule has 0 spiro atoms. The number of hydrogen-bond acceptors (Lipinski definition) is 2. The van der Waals surface area contributed by atoms with Gasteiger partial charge in [-0.1, -0.05) is 0 Å². The molecule has 1 unspecified atom stereocenters. The third-order valence-corrected chi connectivity index (χ3v) is 0.762. The molecule has 0 aromatic carbocycles. The van der Waals surface area contributed by atoms with Crippen LogP contribution in [0.4, 0.5) is 4.39 Å². The van der Waals surface area contributed by atoms with Crippen molar-refractivity contribution in [1.29, 1.82) is 0 Å². The number of hydrogen-bond donors (Lipinski definition) is 1. The van der Waals surface area contributed by atoms with Crippen molar-refractivity contribution in [3.8, 4) is 0 Å². The molecule has 0 aromatic heterocycles. The Morgan fingerprint density at radius 3 is 2.62 bits per heavy atom. The Balaban J connectivity index is 3.56. The molecule has 5 heteroatoms. The first kappa shape index (κ1) is 7.58.